The summed E-state index contributed by atoms with van der Waals surface area (Å²) in [5.41, 5.74) is -1.40. The van der Waals surface area contributed by atoms with Crippen LogP contribution in [0.2, 0.25) is 0 Å². The molecule has 1 fully saturated rings. The number of halogens is 5. The van der Waals surface area contributed by atoms with Gasteiger partial charge in [0.2, 0.25) is 0 Å². The standard InChI is InChI=1S/C29H37F5N2O3/c1-3-5-7-8-9-19(30)16-38-24-12-11-18-13-21(26(31)27(32)25(18)29(24,33)34)28-35-14-20(15-36-28)37-17-23-22(39-23)10-6-4-2/h13-15,19,22-24H,3-12,16-17H2,1-2H3. The molecule has 5 nitrogen and oxygen atoms in total. The van der Waals surface area contributed by atoms with Crippen LogP contribution in [0.15, 0.2) is 18.5 Å². The predicted molar refractivity (Wildman–Crippen MR) is 137 cm³/mol. The molecule has 0 radical (unpaired) electrons. The number of aromatic nitrogens is 2. The second-order valence-electron chi connectivity index (χ2n) is 10.4. The highest BCUT2D eigenvalue weighted by Crippen LogP contribution is 2.45. The van der Waals surface area contributed by atoms with Gasteiger partial charge in [-0.15, -0.1) is 0 Å². The summed E-state index contributed by atoms with van der Waals surface area (Å²) in [6.45, 7) is 3.98. The van der Waals surface area contributed by atoms with Crippen molar-refractivity contribution in [3.05, 3.63) is 41.2 Å². The molecule has 1 aromatic heterocycles. The summed E-state index contributed by atoms with van der Waals surface area (Å²) in [7, 11) is 0. The molecule has 39 heavy (non-hydrogen) atoms. The number of hydrogen-bond donors (Lipinski definition) is 0. The lowest BCUT2D eigenvalue weighted by Gasteiger charge is -2.34. The summed E-state index contributed by atoms with van der Waals surface area (Å²) < 4.78 is 91.1. The van der Waals surface area contributed by atoms with Gasteiger partial charge in [-0.25, -0.2) is 23.1 Å². The molecule has 1 aliphatic heterocycles. The zero-order chi connectivity index (χ0) is 28.0. The van der Waals surface area contributed by atoms with Gasteiger partial charge in [0.25, 0.3) is 0 Å². The first-order valence-corrected chi connectivity index (χ1v) is 14.0. The van der Waals surface area contributed by atoms with E-state index in [1.807, 2.05) is 6.92 Å². The Bertz CT molecular complexity index is 1090. The lowest BCUT2D eigenvalue weighted by molar-refractivity contribution is -0.160. The van der Waals surface area contributed by atoms with E-state index >= 15 is 17.6 Å². The maximum atomic E-state index is 15.2. The zero-order valence-electron chi connectivity index (χ0n) is 22.5. The van der Waals surface area contributed by atoms with E-state index in [-0.39, 0.29) is 48.4 Å². The van der Waals surface area contributed by atoms with E-state index in [4.69, 9.17) is 14.2 Å². The number of rotatable bonds is 15. The molecular weight excluding hydrogens is 519 g/mol. The average Bonchev–Trinajstić information content (AvgIpc) is 3.68. The maximum Gasteiger partial charge on any atom is 0.302 e. The fraction of sp³-hybridized carbons (Fsp3) is 0.655. The van der Waals surface area contributed by atoms with Crippen LogP contribution in [-0.2, 0) is 21.8 Å². The van der Waals surface area contributed by atoms with Crippen LogP contribution >= 0.6 is 0 Å². The van der Waals surface area contributed by atoms with Gasteiger partial charge in [-0.05, 0) is 37.3 Å². The van der Waals surface area contributed by atoms with E-state index in [0.717, 1.165) is 44.6 Å². The largest absolute Gasteiger partial charge is 0.488 e. The summed E-state index contributed by atoms with van der Waals surface area (Å²) >= 11 is 0. The number of fused-ring (bicyclic) bond motifs is 1. The third-order valence-corrected chi connectivity index (χ3v) is 7.36. The van der Waals surface area contributed by atoms with Crippen LogP contribution in [-0.4, -0.2) is 47.7 Å². The van der Waals surface area contributed by atoms with Crippen LogP contribution in [0, 0.1) is 11.6 Å². The fourth-order valence-corrected chi connectivity index (χ4v) is 5.01. The van der Waals surface area contributed by atoms with Gasteiger partial charge in [-0.1, -0.05) is 52.4 Å². The minimum absolute atomic E-state index is 0.0134. The van der Waals surface area contributed by atoms with E-state index in [0.29, 0.717) is 18.8 Å². The first kappa shape index (κ1) is 29.6. The molecule has 4 atom stereocenters. The molecule has 1 aromatic carbocycles. The predicted octanol–water partition coefficient (Wildman–Crippen LogP) is 7.49. The number of hydrogen-bond acceptors (Lipinski definition) is 5. The second-order valence-corrected chi connectivity index (χ2v) is 10.4. The van der Waals surface area contributed by atoms with Crippen LogP contribution in [0.4, 0.5) is 22.0 Å². The van der Waals surface area contributed by atoms with Crippen LogP contribution in [0.3, 0.4) is 0 Å². The lowest BCUT2D eigenvalue weighted by atomic mass is 9.84. The van der Waals surface area contributed by atoms with Gasteiger partial charge in [0, 0.05) is 0 Å². The van der Waals surface area contributed by atoms with Gasteiger partial charge < -0.3 is 14.2 Å². The Morgan fingerprint density at radius 1 is 1.03 bits per heavy atom. The minimum atomic E-state index is -3.81. The van der Waals surface area contributed by atoms with Crippen molar-refractivity contribution in [1.82, 2.24) is 9.97 Å². The van der Waals surface area contributed by atoms with Crippen LogP contribution in [0.1, 0.15) is 82.8 Å². The highest BCUT2D eigenvalue weighted by atomic mass is 19.3. The fourth-order valence-electron chi connectivity index (χ4n) is 5.01. The van der Waals surface area contributed by atoms with Crippen LogP contribution < -0.4 is 4.74 Å². The Morgan fingerprint density at radius 2 is 1.77 bits per heavy atom. The third kappa shape index (κ3) is 7.25. The van der Waals surface area contributed by atoms with Gasteiger partial charge in [-0.3, -0.25) is 0 Å². The number of epoxide rings is 1. The molecule has 2 heterocycles. The molecule has 1 saturated heterocycles. The van der Waals surface area contributed by atoms with Crippen molar-refractivity contribution >= 4 is 0 Å². The normalized spacial score (nSPS) is 22.4. The third-order valence-electron chi connectivity index (χ3n) is 7.36. The van der Waals surface area contributed by atoms with Crippen molar-refractivity contribution in [3.63, 3.8) is 0 Å². The summed E-state index contributed by atoms with van der Waals surface area (Å²) in [4.78, 5) is 8.13. The molecule has 4 rings (SSSR count). The molecule has 2 aliphatic rings. The lowest BCUT2D eigenvalue weighted by Crippen LogP contribution is -2.40. The summed E-state index contributed by atoms with van der Waals surface area (Å²) in [6.07, 6.45) is 6.49. The van der Waals surface area contributed by atoms with E-state index in [1.54, 1.807) is 0 Å². The summed E-state index contributed by atoms with van der Waals surface area (Å²) in [6, 6.07) is 1.16. The van der Waals surface area contributed by atoms with Crippen molar-refractivity contribution in [2.45, 2.75) is 108 Å². The van der Waals surface area contributed by atoms with Crippen molar-refractivity contribution in [2.75, 3.05) is 13.2 Å². The monoisotopic (exact) mass is 556 g/mol. The van der Waals surface area contributed by atoms with E-state index in [1.165, 1.54) is 12.4 Å². The Hall–Kier alpha value is -2.33. The van der Waals surface area contributed by atoms with E-state index in [9.17, 15) is 4.39 Å². The molecule has 216 valence electrons. The van der Waals surface area contributed by atoms with Gasteiger partial charge in [-0.2, -0.15) is 8.78 Å². The molecule has 0 spiro atoms. The Labute approximate surface area is 226 Å². The van der Waals surface area contributed by atoms with Crippen molar-refractivity contribution in [2.24, 2.45) is 0 Å². The molecule has 4 unspecified atom stereocenters. The number of aryl methyl sites for hydroxylation is 1. The molecule has 1 aliphatic carbocycles. The zero-order valence-corrected chi connectivity index (χ0v) is 22.5. The Kier molecular flexibility index (Phi) is 10.1. The highest BCUT2D eigenvalue weighted by Gasteiger charge is 2.50. The Morgan fingerprint density at radius 3 is 2.49 bits per heavy atom. The average molecular weight is 557 g/mol. The molecule has 0 bridgehead atoms. The number of nitrogens with zero attached hydrogens (tertiary/aromatic N) is 2. The highest BCUT2D eigenvalue weighted by molar-refractivity contribution is 5.60. The van der Waals surface area contributed by atoms with Crippen LogP contribution in [0.25, 0.3) is 11.4 Å². The van der Waals surface area contributed by atoms with Crippen molar-refractivity contribution in [3.8, 4) is 17.1 Å². The molecule has 0 saturated carbocycles. The minimum Gasteiger partial charge on any atom is -0.488 e. The SMILES string of the molecule is CCCCCCC(F)COC1CCc2cc(-c3ncc(OCC4OC4CCCC)cn3)c(F)c(F)c2C1(F)F. The molecule has 10 heteroatoms. The second kappa shape index (κ2) is 13.4. The molecular formula is C29H37F5N2O3. The molecule has 0 N–H and O–H groups in total. The quantitative estimate of drug-likeness (QED) is 0.129. The Balaban J connectivity index is 1.39. The number of ether oxygens (including phenoxy) is 3. The van der Waals surface area contributed by atoms with Gasteiger partial charge in [0.05, 0.1) is 36.2 Å². The maximum absolute atomic E-state index is 15.2. The first-order chi connectivity index (χ1) is 18.8. The summed E-state index contributed by atoms with van der Waals surface area (Å²) in [5, 5.41) is 0. The van der Waals surface area contributed by atoms with Crippen LogP contribution in [0.5, 0.6) is 5.75 Å². The molecule has 2 aromatic rings. The van der Waals surface area contributed by atoms with Crippen molar-refractivity contribution in [1.29, 1.82) is 0 Å². The molecule has 0 amide bonds. The first-order valence-electron chi connectivity index (χ1n) is 14.0. The van der Waals surface area contributed by atoms with Crippen molar-refractivity contribution < 1.29 is 36.2 Å². The smallest absolute Gasteiger partial charge is 0.302 e. The van der Waals surface area contributed by atoms with Gasteiger partial charge in [0.15, 0.2) is 23.2 Å². The topological polar surface area (TPSA) is 56.8 Å². The number of alkyl halides is 3. The van der Waals surface area contributed by atoms with Gasteiger partial charge in [0.1, 0.15) is 25.0 Å². The van der Waals surface area contributed by atoms with Gasteiger partial charge >= 0.3 is 5.92 Å². The van der Waals surface area contributed by atoms with E-state index < -0.39 is 42.0 Å². The number of unbranched alkanes of at least 4 members (excludes halogenated alkanes) is 4. The van der Waals surface area contributed by atoms with E-state index in [2.05, 4.69) is 16.9 Å². The number of benzene rings is 1. The summed E-state index contributed by atoms with van der Waals surface area (Å²) in [5.74, 6) is -6.74.